The highest BCUT2D eigenvalue weighted by Gasteiger charge is 2.08. The first kappa shape index (κ1) is 11.0. The maximum atomic E-state index is 11.2. The molecule has 0 aliphatic carbocycles. The van der Waals surface area contributed by atoms with Crippen LogP contribution in [0.2, 0.25) is 5.02 Å². The van der Waals surface area contributed by atoms with Crippen molar-refractivity contribution in [2.24, 2.45) is 0 Å². The first-order chi connectivity index (χ1) is 6.63. The Hall–Kier alpha value is -1.09. The first-order valence-electron chi connectivity index (χ1n) is 4.40. The predicted octanol–water partition coefficient (Wildman–Crippen LogP) is 2.15. The topological polar surface area (TPSA) is 39.2 Å². The number of ether oxygens (including phenoxy) is 1. The maximum Gasteiger partial charge on any atom is 0.310 e. The van der Waals surface area contributed by atoms with E-state index in [1.165, 1.54) is 0 Å². The molecule has 0 saturated heterocycles. The van der Waals surface area contributed by atoms with Gasteiger partial charge in [0, 0.05) is 11.9 Å². The third kappa shape index (κ3) is 3.00. The van der Waals surface area contributed by atoms with Gasteiger partial charge in [-0.15, -0.1) is 0 Å². The molecule has 1 heterocycles. The predicted molar refractivity (Wildman–Crippen MR) is 54.3 cm³/mol. The molecule has 0 amide bonds. The molecule has 0 spiro atoms. The zero-order valence-corrected chi connectivity index (χ0v) is 8.97. The molecule has 0 unspecified atom stereocenters. The second kappa shape index (κ2) is 4.96. The number of esters is 1. The van der Waals surface area contributed by atoms with E-state index in [2.05, 4.69) is 4.98 Å². The Morgan fingerprint density at radius 2 is 2.36 bits per heavy atom. The van der Waals surface area contributed by atoms with E-state index < -0.39 is 0 Å². The lowest BCUT2D eigenvalue weighted by Gasteiger charge is -2.04. The van der Waals surface area contributed by atoms with Gasteiger partial charge in [-0.3, -0.25) is 9.78 Å². The molecule has 0 atom stereocenters. The molecular formula is C10H12ClNO2. The number of hydrogen-bond acceptors (Lipinski definition) is 3. The summed E-state index contributed by atoms with van der Waals surface area (Å²) in [6.07, 6.45) is 1.75. The van der Waals surface area contributed by atoms with Crippen LogP contribution in [0.25, 0.3) is 0 Å². The lowest BCUT2D eigenvalue weighted by atomic mass is 10.2. The number of nitrogens with zero attached hydrogens (tertiary/aromatic N) is 1. The monoisotopic (exact) mass is 213 g/mol. The highest BCUT2D eigenvalue weighted by Crippen LogP contribution is 2.16. The molecular weight excluding hydrogens is 202 g/mol. The highest BCUT2D eigenvalue weighted by molar-refractivity contribution is 6.31. The molecule has 0 bridgehead atoms. The smallest absolute Gasteiger partial charge is 0.310 e. The molecule has 4 heteroatoms. The summed E-state index contributed by atoms with van der Waals surface area (Å²) in [5, 5.41) is 0.503. The zero-order chi connectivity index (χ0) is 10.6. The van der Waals surface area contributed by atoms with Gasteiger partial charge in [0.15, 0.2) is 0 Å². The third-order valence-electron chi connectivity index (χ3n) is 1.71. The Morgan fingerprint density at radius 1 is 1.64 bits per heavy atom. The van der Waals surface area contributed by atoms with Gasteiger partial charge in [-0.05, 0) is 25.5 Å². The van der Waals surface area contributed by atoms with Crippen molar-refractivity contribution in [1.82, 2.24) is 4.98 Å². The Balaban J connectivity index is 2.75. The lowest BCUT2D eigenvalue weighted by Crippen LogP contribution is -2.08. The van der Waals surface area contributed by atoms with Gasteiger partial charge in [0.2, 0.25) is 0 Å². The fourth-order valence-electron chi connectivity index (χ4n) is 1.10. The zero-order valence-electron chi connectivity index (χ0n) is 8.21. The second-order valence-electron chi connectivity index (χ2n) is 2.90. The molecule has 1 aromatic rings. The van der Waals surface area contributed by atoms with E-state index in [4.69, 9.17) is 16.3 Å². The summed E-state index contributed by atoms with van der Waals surface area (Å²) in [4.78, 5) is 15.2. The molecule has 1 aromatic heterocycles. The molecule has 0 N–H and O–H groups in total. The number of aromatic nitrogens is 1. The van der Waals surface area contributed by atoms with Gasteiger partial charge < -0.3 is 4.74 Å². The SMILES string of the molecule is CCOC(=O)Cc1cc(C)ncc1Cl. The van der Waals surface area contributed by atoms with E-state index in [-0.39, 0.29) is 12.4 Å². The van der Waals surface area contributed by atoms with Crippen LogP contribution < -0.4 is 0 Å². The molecule has 14 heavy (non-hydrogen) atoms. The van der Waals surface area contributed by atoms with Gasteiger partial charge in [0.05, 0.1) is 18.1 Å². The van der Waals surface area contributed by atoms with Gasteiger partial charge in [-0.25, -0.2) is 0 Å². The number of pyridine rings is 1. The summed E-state index contributed by atoms with van der Waals surface area (Å²) in [7, 11) is 0. The van der Waals surface area contributed by atoms with Crippen LogP contribution >= 0.6 is 11.6 Å². The number of halogens is 1. The fourth-order valence-corrected chi connectivity index (χ4v) is 1.27. The van der Waals surface area contributed by atoms with Crippen molar-refractivity contribution in [3.63, 3.8) is 0 Å². The molecule has 76 valence electrons. The van der Waals surface area contributed by atoms with Gasteiger partial charge >= 0.3 is 5.97 Å². The average Bonchev–Trinajstić information content (AvgIpc) is 2.12. The van der Waals surface area contributed by atoms with E-state index in [9.17, 15) is 4.79 Å². The Morgan fingerprint density at radius 3 is 3.00 bits per heavy atom. The van der Waals surface area contributed by atoms with Gasteiger partial charge in [-0.2, -0.15) is 0 Å². The number of hydrogen-bond donors (Lipinski definition) is 0. The second-order valence-corrected chi connectivity index (χ2v) is 3.31. The summed E-state index contributed by atoms with van der Waals surface area (Å²) in [6.45, 7) is 4.02. The lowest BCUT2D eigenvalue weighted by molar-refractivity contribution is -0.142. The molecule has 0 aromatic carbocycles. The molecule has 0 fully saturated rings. The summed E-state index contributed by atoms with van der Waals surface area (Å²) in [6, 6.07) is 1.79. The van der Waals surface area contributed by atoms with Crippen molar-refractivity contribution in [2.45, 2.75) is 20.3 Å². The van der Waals surface area contributed by atoms with Crippen molar-refractivity contribution in [1.29, 1.82) is 0 Å². The van der Waals surface area contributed by atoms with E-state index in [1.807, 2.05) is 6.92 Å². The average molecular weight is 214 g/mol. The molecule has 0 aliphatic heterocycles. The summed E-state index contributed by atoms with van der Waals surface area (Å²) in [5.41, 5.74) is 1.60. The molecule has 0 aliphatic rings. The van der Waals surface area contributed by atoms with Crippen LogP contribution in [0.3, 0.4) is 0 Å². The quantitative estimate of drug-likeness (QED) is 0.723. The van der Waals surface area contributed by atoms with Crippen LogP contribution in [-0.4, -0.2) is 17.6 Å². The van der Waals surface area contributed by atoms with Crippen LogP contribution in [0, 0.1) is 6.92 Å². The Kier molecular flexibility index (Phi) is 3.89. The number of rotatable bonds is 3. The third-order valence-corrected chi connectivity index (χ3v) is 2.05. The van der Waals surface area contributed by atoms with Gasteiger partial charge in [0.25, 0.3) is 0 Å². The summed E-state index contributed by atoms with van der Waals surface area (Å²) < 4.78 is 4.82. The van der Waals surface area contributed by atoms with E-state index in [0.717, 1.165) is 11.3 Å². The standard InChI is InChI=1S/C10H12ClNO2/c1-3-14-10(13)5-8-4-7(2)12-6-9(8)11/h4,6H,3,5H2,1-2H3. The van der Waals surface area contributed by atoms with Crippen LogP contribution in [0.5, 0.6) is 0 Å². The highest BCUT2D eigenvalue weighted by atomic mass is 35.5. The van der Waals surface area contributed by atoms with Crippen molar-refractivity contribution in [3.05, 3.63) is 28.5 Å². The van der Waals surface area contributed by atoms with E-state index >= 15 is 0 Å². The number of carbonyl (C=O) groups is 1. The molecule has 3 nitrogen and oxygen atoms in total. The first-order valence-corrected chi connectivity index (χ1v) is 4.78. The minimum Gasteiger partial charge on any atom is -0.466 e. The Labute approximate surface area is 88.1 Å². The van der Waals surface area contributed by atoms with Crippen molar-refractivity contribution in [3.8, 4) is 0 Å². The number of carbonyl (C=O) groups excluding carboxylic acids is 1. The van der Waals surface area contributed by atoms with Gasteiger partial charge in [0.1, 0.15) is 0 Å². The summed E-state index contributed by atoms with van der Waals surface area (Å²) >= 11 is 5.87. The molecule has 1 rings (SSSR count). The van der Waals surface area contributed by atoms with Crippen molar-refractivity contribution >= 4 is 17.6 Å². The van der Waals surface area contributed by atoms with Gasteiger partial charge in [-0.1, -0.05) is 11.6 Å². The normalized spacial score (nSPS) is 9.93. The Bertz CT molecular complexity index is 339. The maximum absolute atomic E-state index is 11.2. The van der Waals surface area contributed by atoms with Crippen LogP contribution in [0.15, 0.2) is 12.3 Å². The fraction of sp³-hybridized carbons (Fsp3) is 0.400. The number of aryl methyl sites for hydroxylation is 1. The summed E-state index contributed by atoms with van der Waals surface area (Å²) in [5.74, 6) is -0.264. The molecule has 0 radical (unpaired) electrons. The van der Waals surface area contributed by atoms with E-state index in [0.29, 0.717) is 11.6 Å². The largest absolute Gasteiger partial charge is 0.466 e. The molecule has 0 saturated carbocycles. The minimum absolute atomic E-state index is 0.204. The van der Waals surface area contributed by atoms with Crippen LogP contribution in [-0.2, 0) is 16.0 Å². The minimum atomic E-state index is -0.264. The van der Waals surface area contributed by atoms with E-state index in [1.54, 1.807) is 19.2 Å². The van der Waals surface area contributed by atoms with Crippen molar-refractivity contribution in [2.75, 3.05) is 6.61 Å². The van der Waals surface area contributed by atoms with Crippen molar-refractivity contribution < 1.29 is 9.53 Å². The van der Waals surface area contributed by atoms with Crippen LogP contribution in [0.4, 0.5) is 0 Å². The van der Waals surface area contributed by atoms with Crippen LogP contribution in [0.1, 0.15) is 18.2 Å².